The van der Waals surface area contributed by atoms with Crippen LogP contribution in [0.3, 0.4) is 0 Å². The topological polar surface area (TPSA) is 69.4 Å². The van der Waals surface area contributed by atoms with E-state index >= 15 is 0 Å². The molecule has 0 fully saturated rings. The Bertz CT molecular complexity index is 128. The van der Waals surface area contributed by atoms with Gasteiger partial charge in [-0.2, -0.15) is 0 Å². The normalized spacial score (nSPS) is 12.2. The molecule has 4 nitrogen and oxygen atoms in total. The van der Waals surface area contributed by atoms with Crippen molar-refractivity contribution < 1.29 is 13.8 Å². The quantitative estimate of drug-likeness (QED) is 0.338. The number of aldehydes is 1. The number of nitrogens with two attached hydrogens (primary N) is 1. The van der Waals surface area contributed by atoms with Crippen molar-refractivity contribution in [2.24, 2.45) is 5.73 Å². The van der Waals surface area contributed by atoms with Gasteiger partial charge >= 0.3 is 5.97 Å². The number of rotatable bonds is 4. The van der Waals surface area contributed by atoms with E-state index in [9.17, 15) is 9.59 Å². The second kappa shape index (κ2) is 5.25. The predicted molar refractivity (Wildman–Crippen MR) is 38.4 cm³/mol. The molecule has 0 aliphatic heterocycles. The number of hydrogen-bond acceptors (Lipinski definition) is 5. The molecule has 0 rings (SSSR count). The predicted octanol–water partition coefficient (Wildman–Crippen LogP) is -0.319. The van der Waals surface area contributed by atoms with Crippen LogP contribution in [0.5, 0.6) is 0 Å². The van der Waals surface area contributed by atoms with Gasteiger partial charge in [0.2, 0.25) is 0 Å². The van der Waals surface area contributed by atoms with Gasteiger partial charge in [0.15, 0.2) is 0 Å². The van der Waals surface area contributed by atoms with Crippen LogP contribution in [0.2, 0.25) is 0 Å². The zero-order valence-electron chi connectivity index (χ0n) is 5.32. The van der Waals surface area contributed by atoms with Gasteiger partial charge in [0, 0.05) is 19.3 Å². The van der Waals surface area contributed by atoms with Crippen LogP contribution in [0.15, 0.2) is 0 Å². The van der Waals surface area contributed by atoms with E-state index < -0.39 is 12.0 Å². The van der Waals surface area contributed by atoms with Crippen LogP contribution in [0.1, 0.15) is 12.8 Å². The highest BCUT2D eigenvalue weighted by atomic mass is 32.1. The van der Waals surface area contributed by atoms with E-state index in [2.05, 4.69) is 17.1 Å². The molecule has 0 heterocycles. The number of carbonyl (C=O) groups is 2. The standard InChI is InChI=1S/C5H9NO3S/c6-4(2-1-3-7)5(8)9-10/h3-4,10H,1-2,6H2. The van der Waals surface area contributed by atoms with Crippen LogP contribution in [0.25, 0.3) is 0 Å². The van der Waals surface area contributed by atoms with E-state index in [4.69, 9.17) is 5.73 Å². The summed E-state index contributed by atoms with van der Waals surface area (Å²) in [6, 6.07) is -0.734. The molecule has 0 saturated heterocycles. The molecule has 0 aromatic heterocycles. The molecular formula is C5H9NO3S. The second-order valence-electron chi connectivity index (χ2n) is 1.76. The molecule has 5 heteroatoms. The SMILES string of the molecule is NC(CCC=O)C(=O)OS. The maximum atomic E-state index is 10.5. The highest BCUT2D eigenvalue weighted by Gasteiger charge is 2.12. The fourth-order valence-corrected chi connectivity index (χ4v) is 0.569. The molecule has 0 aromatic rings. The Hall–Kier alpha value is -0.550. The van der Waals surface area contributed by atoms with Crippen molar-refractivity contribution in [1.82, 2.24) is 0 Å². The van der Waals surface area contributed by atoms with Crippen molar-refractivity contribution in [1.29, 1.82) is 0 Å². The van der Waals surface area contributed by atoms with Gasteiger partial charge in [-0.1, -0.05) is 0 Å². The van der Waals surface area contributed by atoms with Gasteiger partial charge in [0.05, 0.1) is 0 Å². The smallest absolute Gasteiger partial charge is 0.334 e. The average molecular weight is 163 g/mol. The van der Waals surface area contributed by atoms with Crippen LogP contribution < -0.4 is 5.73 Å². The van der Waals surface area contributed by atoms with E-state index in [1.165, 1.54) is 0 Å². The van der Waals surface area contributed by atoms with Gasteiger partial charge in [-0.05, 0) is 6.42 Å². The maximum absolute atomic E-state index is 10.5. The summed E-state index contributed by atoms with van der Waals surface area (Å²) in [5.41, 5.74) is 5.23. The molecule has 2 N–H and O–H groups in total. The minimum atomic E-state index is -0.734. The van der Waals surface area contributed by atoms with Gasteiger partial charge in [0.1, 0.15) is 12.3 Å². The summed E-state index contributed by atoms with van der Waals surface area (Å²) in [6.45, 7) is 0. The molecule has 0 aromatic carbocycles. The zero-order chi connectivity index (χ0) is 7.98. The van der Waals surface area contributed by atoms with Crippen LogP contribution >= 0.6 is 12.9 Å². The van der Waals surface area contributed by atoms with E-state index in [0.29, 0.717) is 12.7 Å². The Labute approximate surface area is 64.3 Å². The molecule has 0 aliphatic carbocycles. The van der Waals surface area contributed by atoms with Crippen molar-refractivity contribution in [2.45, 2.75) is 18.9 Å². The van der Waals surface area contributed by atoms with Gasteiger partial charge < -0.3 is 14.7 Å². The van der Waals surface area contributed by atoms with E-state index in [1.54, 1.807) is 0 Å². The fourth-order valence-electron chi connectivity index (χ4n) is 0.433. The van der Waals surface area contributed by atoms with Crippen molar-refractivity contribution in [2.75, 3.05) is 0 Å². The fraction of sp³-hybridized carbons (Fsp3) is 0.600. The molecule has 10 heavy (non-hydrogen) atoms. The third-order valence-electron chi connectivity index (χ3n) is 0.988. The first-order valence-corrected chi connectivity index (χ1v) is 3.13. The van der Waals surface area contributed by atoms with Crippen LogP contribution in [0, 0.1) is 0 Å². The number of carbonyl (C=O) groups excluding carboxylic acids is 2. The minimum Gasteiger partial charge on any atom is -0.393 e. The lowest BCUT2D eigenvalue weighted by atomic mass is 10.2. The number of thiol groups is 1. The Morgan fingerprint density at radius 3 is 2.80 bits per heavy atom. The van der Waals surface area contributed by atoms with Crippen LogP contribution in [-0.2, 0) is 13.8 Å². The largest absolute Gasteiger partial charge is 0.393 e. The highest BCUT2D eigenvalue weighted by molar-refractivity contribution is 7.75. The summed E-state index contributed by atoms with van der Waals surface area (Å²) in [7, 11) is 0. The van der Waals surface area contributed by atoms with E-state index in [1.807, 2.05) is 0 Å². The molecule has 1 atom stereocenters. The summed E-state index contributed by atoms with van der Waals surface area (Å²) in [4.78, 5) is 20.3. The summed E-state index contributed by atoms with van der Waals surface area (Å²) < 4.78 is 4.02. The molecule has 0 aliphatic rings. The van der Waals surface area contributed by atoms with Crippen molar-refractivity contribution in [3.63, 3.8) is 0 Å². The lowest BCUT2D eigenvalue weighted by Gasteiger charge is -2.03. The third kappa shape index (κ3) is 3.47. The lowest BCUT2D eigenvalue weighted by Crippen LogP contribution is -2.30. The first-order valence-electron chi connectivity index (χ1n) is 2.77. The first kappa shape index (κ1) is 9.45. The molecule has 0 bridgehead atoms. The second-order valence-corrected chi connectivity index (χ2v) is 1.94. The lowest BCUT2D eigenvalue weighted by molar-refractivity contribution is -0.134. The van der Waals surface area contributed by atoms with Crippen molar-refractivity contribution in [3.8, 4) is 0 Å². The van der Waals surface area contributed by atoms with Gasteiger partial charge in [-0.3, -0.25) is 0 Å². The van der Waals surface area contributed by atoms with E-state index in [-0.39, 0.29) is 6.42 Å². The number of hydrogen-bond donors (Lipinski definition) is 2. The highest BCUT2D eigenvalue weighted by Crippen LogP contribution is 1.95. The zero-order valence-corrected chi connectivity index (χ0v) is 6.21. The Morgan fingerprint density at radius 1 is 1.80 bits per heavy atom. The Kier molecular flexibility index (Phi) is 4.96. The molecule has 58 valence electrons. The Balaban J connectivity index is 3.50. The van der Waals surface area contributed by atoms with Crippen molar-refractivity contribution >= 4 is 25.2 Å². The monoisotopic (exact) mass is 163 g/mol. The molecular weight excluding hydrogens is 154 g/mol. The minimum absolute atomic E-state index is 0.268. The van der Waals surface area contributed by atoms with E-state index in [0.717, 1.165) is 0 Å². The average Bonchev–Trinajstić information content (AvgIpc) is 1.98. The molecule has 0 saturated carbocycles. The summed E-state index contributed by atoms with van der Waals surface area (Å²) in [5.74, 6) is -0.606. The molecule has 0 spiro atoms. The third-order valence-corrected chi connectivity index (χ3v) is 1.17. The maximum Gasteiger partial charge on any atom is 0.334 e. The van der Waals surface area contributed by atoms with Crippen LogP contribution in [-0.4, -0.2) is 18.3 Å². The Morgan fingerprint density at radius 2 is 2.40 bits per heavy atom. The summed E-state index contributed by atoms with van der Waals surface area (Å²) in [5, 5.41) is 0. The summed E-state index contributed by atoms with van der Waals surface area (Å²) >= 11 is 3.26. The van der Waals surface area contributed by atoms with Gasteiger partial charge in [-0.15, -0.1) is 0 Å². The molecule has 1 unspecified atom stereocenters. The summed E-state index contributed by atoms with van der Waals surface area (Å²) in [6.07, 6.45) is 1.28. The first-order chi connectivity index (χ1) is 4.72. The molecule has 0 amide bonds. The molecule has 0 radical (unpaired) electrons. The van der Waals surface area contributed by atoms with Gasteiger partial charge in [0.25, 0.3) is 0 Å². The van der Waals surface area contributed by atoms with Gasteiger partial charge in [-0.25, -0.2) is 4.79 Å². The van der Waals surface area contributed by atoms with Crippen molar-refractivity contribution in [3.05, 3.63) is 0 Å². The van der Waals surface area contributed by atoms with Crippen LogP contribution in [0.4, 0.5) is 0 Å².